The number of furan rings is 1. The van der Waals surface area contributed by atoms with E-state index < -0.39 is 0 Å². The first-order valence-electron chi connectivity index (χ1n) is 17.7. The molecule has 9 aromatic rings. The lowest BCUT2D eigenvalue weighted by Crippen LogP contribution is -2.14. The van der Waals surface area contributed by atoms with E-state index in [1.165, 1.54) is 33.4 Å². The van der Waals surface area contributed by atoms with E-state index in [0.29, 0.717) is 17.5 Å². The molecule has 0 unspecified atom stereocenters. The number of aromatic nitrogens is 3. The van der Waals surface area contributed by atoms with Crippen LogP contribution in [0.15, 0.2) is 168 Å². The summed E-state index contributed by atoms with van der Waals surface area (Å²) in [5.41, 5.74) is 14.5. The van der Waals surface area contributed by atoms with E-state index >= 15 is 0 Å². The van der Waals surface area contributed by atoms with Gasteiger partial charge in [-0.15, -0.1) is 0 Å². The molecule has 2 aromatic heterocycles. The number of hydrogen-bond acceptors (Lipinski definition) is 4. The Bertz CT molecular complexity index is 2740. The van der Waals surface area contributed by atoms with Crippen LogP contribution >= 0.6 is 0 Å². The highest BCUT2D eigenvalue weighted by atomic mass is 16.3. The quantitative estimate of drug-likeness (QED) is 0.183. The molecule has 0 spiro atoms. The Morgan fingerprint density at radius 2 is 0.923 bits per heavy atom. The zero-order valence-corrected chi connectivity index (χ0v) is 28.8. The van der Waals surface area contributed by atoms with Crippen molar-refractivity contribution in [2.24, 2.45) is 0 Å². The monoisotopic (exact) mass is 667 g/mol. The molecule has 0 fully saturated rings. The minimum Gasteiger partial charge on any atom is -0.456 e. The van der Waals surface area contributed by atoms with Crippen LogP contribution in [0.25, 0.3) is 89.5 Å². The summed E-state index contributed by atoms with van der Waals surface area (Å²) in [5.74, 6) is 1.87. The first-order valence-corrected chi connectivity index (χ1v) is 17.7. The standard InChI is InChI=1S/C48H33N3O/c1-48(2)40-18-10-9-16-36(40)38-28-34(24-26-41(38)48)30-20-22-31(23-21-30)35-25-27-42-39(29-35)44-37(17-11-19-43(44)52-42)47-50-45(32-12-5-3-6-13-32)49-46(51-47)33-14-7-4-8-15-33/h3-29H,1-2H3. The molecule has 1 aliphatic rings. The predicted octanol–water partition coefficient (Wildman–Crippen LogP) is 12.4. The van der Waals surface area contributed by atoms with Crippen LogP contribution < -0.4 is 0 Å². The Morgan fingerprint density at radius 3 is 1.62 bits per heavy atom. The summed E-state index contributed by atoms with van der Waals surface area (Å²) < 4.78 is 6.42. The third-order valence-electron chi connectivity index (χ3n) is 10.6. The molecule has 0 atom stereocenters. The van der Waals surface area contributed by atoms with Gasteiger partial charge in [-0.3, -0.25) is 0 Å². The van der Waals surface area contributed by atoms with E-state index in [4.69, 9.17) is 19.4 Å². The number of rotatable bonds is 5. The fraction of sp³-hybridized carbons (Fsp3) is 0.0625. The van der Waals surface area contributed by atoms with Crippen LogP contribution in [0.3, 0.4) is 0 Å². The van der Waals surface area contributed by atoms with Crippen molar-refractivity contribution in [2.45, 2.75) is 19.3 Å². The van der Waals surface area contributed by atoms with Crippen LogP contribution in [0.4, 0.5) is 0 Å². The van der Waals surface area contributed by atoms with Crippen molar-refractivity contribution < 1.29 is 4.42 Å². The molecule has 0 saturated heterocycles. The minimum atomic E-state index is 0.00196. The minimum absolute atomic E-state index is 0.00196. The van der Waals surface area contributed by atoms with Crippen molar-refractivity contribution in [1.29, 1.82) is 0 Å². The van der Waals surface area contributed by atoms with Gasteiger partial charge < -0.3 is 4.42 Å². The highest BCUT2D eigenvalue weighted by Crippen LogP contribution is 2.49. The van der Waals surface area contributed by atoms with Gasteiger partial charge in [0.25, 0.3) is 0 Å². The SMILES string of the molecule is CC1(C)c2ccccc2-c2cc(-c3ccc(-c4ccc5oc6cccc(-c7nc(-c8ccccc8)nc(-c8ccccc8)n7)c6c5c4)cc3)ccc21. The van der Waals surface area contributed by atoms with E-state index in [9.17, 15) is 0 Å². The van der Waals surface area contributed by atoms with E-state index in [2.05, 4.69) is 105 Å². The Morgan fingerprint density at radius 1 is 0.385 bits per heavy atom. The van der Waals surface area contributed by atoms with Crippen molar-refractivity contribution in [3.63, 3.8) is 0 Å². The number of fused-ring (bicyclic) bond motifs is 6. The molecule has 7 aromatic carbocycles. The van der Waals surface area contributed by atoms with Gasteiger partial charge in [0, 0.05) is 32.9 Å². The van der Waals surface area contributed by atoms with E-state index in [-0.39, 0.29) is 5.41 Å². The second-order valence-electron chi connectivity index (χ2n) is 14.0. The van der Waals surface area contributed by atoms with Crippen molar-refractivity contribution in [1.82, 2.24) is 15.0 Å². The zero-order valence-electron chi connectivity index (χ0n) is 28.8. The first-order chi connectivity index (χ1) is 25.5. The van der Waals surface area contributed by atoms with Crippen molar-refractivity contribution in [3.05, 3.63) is 175 Å². The molecular weight excluding hydrogens is 635 g/mol. The number of nitrogens with zero attached hydrogens (tertiary/aromatic N) is 3. The van der Waals surface area contributed by atoms with Crippen LogP contribution in [0, 0.1) is 0 Å². The summed E-state index contributed by atoms with van der Waals surface area (Å²) in [5, 5.41) is 2.01. The van der Waals surface area contributed by atoms with Gasteiger partial charge in [0.1, 0.15) is 11.2 Å². The van der Waals surface area contributed by atoms with Gasteiger partial charge in [-0.2, -0.15) is 0 Å². The topological polar surface area (TPSA) is 51.8 Å². The molecule has 0 saturated carbocycles. The summed E-state index contributed by atoms with van der Waals surface area (Å²) in [6.07, 6.45) is 0. The lowest BCUT2D eigenvalue weighted by Gasteiger charge is -2.21. The number of benzene rings is 7. The van der Waals surface area contributed by atoms with Crippen LogP contribution in [-0.4, -0.2) is 15.0 Å². The Hall–Kier alpha value is -6.65. The molecule has 0 N–H and O–H groups in total. The van der Waals surface area contributed by atoms with E-state index in [1.54, 1.807) is 0 Å². The van der Waals surface area contributed by atoms with Gasteiger partial charge in [-0.25, -0.2) is 15.0 Å². The summed E-state index contributed by atoms with van der Waals surface area (Å²) in [4.78, 5) is 15.0. The highest BCUT2D eigenvalue weighted by molar-refractivity contribution is 6.12. The summed E-state index contributed by atoms with van der Waals surface area (Å²) in [6.45, 7) is 4.65. The summed E-state index contributed by atoms with van der Waals surface area (Å²) >= 11 is 0. The third-order valence-corrected chi connectivity index (χ3v) is 10.6. The molecule has 4 nitrogen and oxygen atoms in total. The van der Waals surface area contributed by atoms with Gasteiger partial charge in [0.05, 0.1) is 0 Å². The van der Waals surface area contributed by atoms with Gasteiger partial charge >= 0.3 is 0 Å². The summed E-state index contributed by atoms with van der Waals surface area (Å²) in [6, 6.07) is 57.3. The van der Waals surface area contributed by atoms with Crippen molar-refractivity contribution in [3.8, 4) is 67.5 Å². The largest absolute Gasteiger partial charge is 0.456 e. The van der Waals surface area contributed by atoms with Gasteiger partial charge in [0.15, 0.2) is 17.5 Å². The zero-order chi connectivity index (χ0) is 34.8. The molecule has 4 heteroatoms. The molecule has 0 aliphatic heterocycles. The summed E-state index contributed by atoms with van der Waals surface area (Å²) in [7, 11) is 0. The van der Waals surface area contributed by atoms with Gasteiger partial charge in [-0.05, 0) is 68.8 Å². The molecule has 1 aliphatic carbocycles. The maximum absolute atomic E-state index is 6.42. The van der Waals surface area contributed by atoms with Crippen LogP contribution in [-0.2, 0) is 5.41 Å². The lowest BCUT2D eigenvalue weighted by molar-refractivity contribution is 0.660. The maximum Gasteiger partial charge on any atom is 0.164 e. The second-order valence-corrected chi connectivity index (χ2v) is 14.0. The molecule has 52 heavy (non-hydrogen) atoms. The smallest absolute Gasteiger partial charge is 0.164 e. The lowest BCUT2D eigenvalue weighted by atomic mass is 9.82. The molecule has 2 heterocycles. The molecule has 10 rings (SSSR count). The normalized spacial score (nSPS) is 13.0. The molecule has 0 bridgehead atoms. The fourth-order valence-corrected chi connectivity index (χ4v) is 7.88. The molecular formula is C48H33N3O. The van der Waals surface area contributed by atoms with Crippen LogP contribution in [0.2, 0.25) is 0 Å². The molecule has 0 radical (unpaired) electrons. The molecule has 0 amide bonds. The highest BCUT2D eigenvalue weighted by Gasteiger charge is 2.35. The third kappa shape index (κ3) is 4.87. The van der Waals surface area contributed by atoms with E-state index in [0.717, 1.165) is 49.8 Å². The predicted molar refractivity (Wildman–Crippen MR) is 212 cm³/mol. The maximum atomic E-state index is 6.42. The van der Waals surface area contributed by atoms with Crippen LogP contribution in [0.1, 0.15) is 25.0 Å². The van der Waals surface area contributed by atoms with Crippen molar-refractivity contribution >= 4 is 21.9 Å². The van der Waals surface area contributed by atoms with Crippen LogP contribution in [0.5, 0.6) is 0 Å². The Balaban J connectivity index is 1.06. The average molecular weight is 668 g/mol. The molecule has 246 valence electrons. The fourth-order valence-electron chi connectivity index (χ4n) is 7.88. The first kappa shape index (κ1) is 30.2. The van der Waals surface area contributed by atoms with Gasteiger partial charge in [-0.1, -0.05) is 153 Å². The number of hydrogen-bond donors (Lipinski definition) is 0. The van der Waals surface area contributed by atoms with Crippen molar-refractivity contribution in [2.75, 3.05) is 0 Å². The Kier molecular flexibility index (Phi) is 6.80. The van der Waals surface area contributed by atoms with Gasteiger partial charge in [0.2, 0.25) is 0 Å². The average Bonchev–Trinajstić information content (AvgIpc) is 3.70. The second kappa shape index (κ2) is 11.7. The Labute approximate surface area is 302 Å². The van der Waals surface area contributed by atoms with E-state index in [1.807, 2.05) is 72.8 Å².